The molecular formula is C14H12F3N3O. The first-order valence-corrected chi connectivity index (χ1v) is 6.35. The standard InChI is InChI=1S/C14H12F3N3O/c1-7(18)11-6-13(21-20-11)12-5-8-4-9(14(15,16)17)2-3-10(8)19-12/h2-4,6-7H,5,18H2,1H3/t7-/m1/s1. The molecule has 2 aromatic rings. The number of aliphatic imine (C=N–C) groups is 1. The van der Waals surface area contributed by atoms with Crippen molar-refractivity contribution in [1.82, 2.24) is 5.16 Å². The van der Waals surface area contributed by atoms with Crippen LogP contribution in [0.2, 0.25) is 0 Å². The van der Waals surface area contributed by atoms with Crippen molar-refractivity contribution in [3.63, 3.8) is 0 Å². The van der Waals surface area contributed by atoms with Crippen molar-refractivity contribution in [2.24, 2.45) is 10.7 Å². The van der Waals surface area contributed by atoms with Crippen LogP contribution < -0.4 is 5.73 Å². The largest absolute Gasteiger partial charge is 0.416 e. The third-order valence-electron chi connectivity index (χ3n) is 3.30. The maximum Gasteiger partial charge on any atom is 0.416 e. The summed E-state index contributed by atoms with van der Waals surface area (Å²) in [4.78, 5) is 4.29. The Bertz CT molecular complexity index is 716. The summed E-state index contributed by atoms with van der Waals surface area (Å²) in [5, 5.41) is 3.82. The monoisotopic (exact) mass is 295 g/mol. The number of fused-ring (bicyclic) bond motifs is 1. The predicted molar refractivity (Wildman–Crippen MR) is 70.5 cm³/mol. The molecule has 0 bridgehead atoms. The lowest BCUT2D eigenvalue weighted by Crippen LogP contribution is -2.06. The van der Waals surface area contributed by atoms with Crippen molar-refractivity contribution in [2.75, 3.05) is 0 Å². The highest BCUT2D eigenvalue weighted by atomic mass is 19.4. The summed E-state index contributed by atoms with van der Waals surface area (Å²) in [7, 11) is 0. The van der Waals surface area contributed by atoms with Crippen molar-refractivity contribution in [3.05, 3.63) is 46.8 Å². The molecule has 0 aliphatic carbocycles. The number of nitrogens with two attached hydrogens (primary N) is 1. The van der Waals surface area contributed by atoms with E-state index in [1.54, 1.807) is 13.0 Å². The molecule has 1 aliphatic heterocycles. The van der Waals surface area contributed by atoms with Gasteiger partial charge in [0.15, 0.2) is 5.76 Å². The quantitative estimate of drug-likeness (QED) is 0.923. The molecule has 0 amide bonds. The van der Waals surface area contributed by atoms with E-state index in [2.05, 4.69) is 10.1 Å². The Balaban J connectivity index is 1.89. The van der Waals surface area contributed by atoms with Crippen LogP contribution in [0.25, 0.3) is 0 Å². The van der Waals surface area contributed by atoms with Gasteiger partial charge in [-0.1, -0.05) is 5.16 Å². The van der Waals surface area contributed by atoms with Gasteiger partial charge in [0.1, 0.15) is 5.69 Å². The Labute approximate surface area is 118 Å². The topological polar surface area (TPSA) is 64.4 Å². The molecule has 4 nitrogen and oxygen atoms in total. The first-order chi connectivity index (χ1) is 9.84. The summed E-state index contributed by atoms with van der Waals surface area (Å²) in [5.41, 5.74) is 7.21. The molecule has 3 rings (SSSR count). The van der Waals surface area contributed by atoms with Crippen LogP contribution in [0, 0.1) is 0 Å². The SMILES string of the molecule is C[C@@H](N)c1cc(C2=Nc3ccc(C(F)(F)F)cc3C2)on1. The van der Waals surface area contributed by atoms with Gasteiger partial charge in [-0.2, -0.15) is 13.2 Å². The van der Waals surface area contributed by atoms with Crippen LogP contribution >= 0.6 is 0 Å². The molecule has 1 aliphatic rings. The lowest BCUT2D eigenvalue weighted by molar-refractivity contribution is -0.137. The fraction of sp³-hybridized carbons (Fsp3) is 0.286. The molecule has 0 fully saturated rings. The average Bonchev–Trinajstić information content (AvgIpc) is 3.03. The third kappa shape index (κ3) is 2.56. The zero-order valence-electron chi connectivity index (χ0n) is 11.1. The zero-order chi connectivity index (χ0) is 15.2. The van der Waals surface area contributed by atoms with Crippen LogP contribution in [0.3, 0.4) is 0 Å². The van der Waals surface area contributed by atoms with Gasteiger partial charge in [0.25, 0.3) is 0 Å². The second-order valence-corrected chi connectivity index (χ2v) is 4.98. The van der Waals surface area contributed by atoms with Crippen LogP contribution in [0.15, 0.2) is 33.8 Å². The van der Waals surface area contributed by atoms with Crippen LogP contribution in [0.1, 0.15) is 35.5 Å². The van der Waals surface area contributed by atoms with Crippen molar-refractivity contribution in [3.8, 4) is 0 Å². The number of nitrogens with zero attached hydrogens (tertiary/aromatic N) is 2. The van der Waals surface area contributed by atoms with Crippen molar-refractivity contribution in [2.45, 2.75) is 25.6 Å². The molecule has 110 valence electrons. The molecule has 1 aromatic carbocycles. The van der Waals surface area contributed by atoms with Crippen molar-refractivity contribution < 1.29 is 17.7 Å². The van der Waals surface area contributed by atoms with Gasteiger partial charge in [-0.3, -0.25) is 0 Å². The summed E-state index contributed by atoms with van der Waals surface area (Å²) in [5.74, 6) is 0.437. The van der Waals surface area contributed by atoms with E-state index >= 15 is 0 Å². The molecule has 0 unspecified atom stereocenters. The summed E-state index contributed by atoms with van der Waals surface area (Å²) < 4.78 is 43.2. The van der Waals surface area contributed by atoms with Gasteiger partial charge in [0.2, 0.25) is 0 Å². The van der Waals surface area contributed by atoms with E-state index in [1.807, 2.05) is 0 Å². The molecule has 0 saturated heterocycles. The molecule has 2 heterocycles. The van der Waals surface area contributed by atoms with E-state index in [9.17, 15) is 13.2 Å². The Morgan fingerprint density at radius 2 is 2.05 bits per heavy atom. The fourth-order valence-corrected chi connectivity index (χ4v) is 2.16. The van der Waals surface area contributed by atoms with Gasteiger partial charge in [0.05, 0.1) is 17.0 Å². The van der Waals surface area contributed by atoms with Gasteiger partial charge >= 0.3 is 6.18 Å². The first-order valence-electron chi connectivity index (χ1n) is 6.35. The number of halogens is 3. The van der Waals surface area contributed by atoms with E-state index in [0.29, 0.717) is 28.4 Å². The molecule has 21 heavy (non-hydrogen) atoms. The molecule has 1 aromatic heterocycles. The van der Waals surface area contributed by atoms with Gasteiger partial charge < -0.3 is 10.3 Å². The Kier molecular flexibility index (Phi) is 3.09. The number of hydrogen-bond acceptors (Lipinski definition) is 4. The van der Waals surface area contributed by atoms with Gasteiger partial charge in [-0.15, -0.1) is 0 Å². The number of aromatic nitrogens is 1. The average molecular weight is 295 g/mol. The van der Waals surface area contributed by atoms with Crippen LogP contribution in [0.5, 0.6) is 0 Å². The Hall–Kier alpha value is -2.15. The van der Waals surface area contributed by atoms with Gasteiger partial charge in [-0.05, 0) is 30.7 Å². The molecule has 1 atom stereocenters. The summed E-state index contributed by atoms with van der Waals surface area (Å²) >= 11 is 0. The zero-order valence-corrected chi connectivity index (χ0v) is 11.1. The molecule has 7 heteroatoms. The minimum Gasteiger partial charge on any atom is -0.355 e. The number of hydrogen-bond donors (Lipinski definition) is 1. The van der Waals surface area contributed by atoms with Crippen molar-refractivity contribution >= 4 is 11.4 Å². The van der Waals surface area contributed by atoms with E-state index in [4.69, 9.17) is 10.3 Å². The minimum absolute atomic E-state index is 0.274. The first kappa shape index (κ1) is 13.8. The normalized spacial score (nSPS) is 15.8. The van der Waals surface area contributed by atoms with E-state index in [1.165, 1.54) is 6.07 Å². The van der Waals surface area contributed by atoms with Crippen LogP contribution in [-0.2, 0) is 12.6 Å². The number of alkyl halides is 3. The number of rotatable bonds is 2. The Morgan fingerprint density at radius 1 is 1.29 bits per heavy atom. The Morgan fingerprint density at radius 3 is 2.67 bits per heavy atom. The second kappa shape index (κ2) is 4.70. The molecule has 2 N–H and O–H groups in total. The maximum atomic E-state index is 12.7. The lowest BCUT2D eigenvalue weighted by Gasteiger charge is -2.07. The van der Waals surface area contributed by atoms with Crippen LogP contribution in [-0.4, -0.2) is 10.9 Å². The lowest BCUT2D eigenvalue weighted by atomic mass is 10.0. The van der Waals surface area contributed by atoms with Crippen molar-refractivity contribution in [1.29, 1.82) is 0 Å². The van der Waals surface area contributed by atoms with Crippen LogP contribution in [0.4, 0.5) is 18.9 Å². The highest BCUT2D eigenvalue weighted by Crippen LogP contribution is 2.36. The minimum atomic E-state index is -4.35. The summed E-state index contributed by atoms with van der Waals surface area (Å²) in [6.45, 7) is 1.77. The third-order valence-corrected chi connectivity index (χ3v) is 3.30. The van der Waals surface area contributed by atoms with E-state index in [0.717, 1.165) is 12.1 Å². The number of benzene rings is 1. The highest BCUT2D eigenvalue weighted by molar-refractivity contribution is 6.04. The highest BCUT2D eigenvalue weighted by Gasteiger charge is 2.32. The molecule has 0 saturated carbocycles. The fourth-order valence-electron chi connectivity index (χ4n) is 2.16. The second-order valence-electron chi connectivity index (χ2n) is 4.98. The van der Waals surface area contributed by atoms with E-state index in [-0.39, 0.29) is 12.5 Å². The summed E-state index contributed by atoms with van der Waals surface area (Å²) in [6.07, 6.45) is -4.07. The molecular weight excluding hydrogens is 283 g/mol. The van der Waals surface area contributed by atoms with E-state index < -0.39 is 11.7 Å². The smallest absolute Gasteiger partial charge is 0.355 e. The molecule has 0 spiro atoms. The summed E-state index contributed by atoms with van der Waals surface area (Å²) in [6, 6.07) is 4.91. The maximum absolute atomic E-state index is 12.7. The van der Waals surface area contributed by atoms with Gasteiger partial charge in [0, 0.05) is 18.5 Å². The predicted octanol–water partition coefficient (Wildman–Crippen LogP) is 3.39. The molecule has 0 radical (unpaired) electrons. The van der Waals surface area contributed by atoms with Gasteiger partial charge in [-0.25, -0.2) is 4.99 Å².